The predicted octanol–water partition coefficient (Wildman–Crippen LogP) is 2.03. The van der Waals surface area contributed by atoms with E-state index in [0.717, 1.165) is 38.0 Å². The molecule has 1 saturated heterocycles. The van der Waals surface area contributed by atoms with Gasteiger partial charge in [-0.05, 0) is 32.4 Å². The number of esters is 4. The molecule has 1 fully saturated rings. The fourth-order valence-electron chi connectivity index (χ4n) is 4.22. The number of aliphatic hydroxyl groups excluding tert-OH is 6. The zero-order valence-corrected chi connectivity index (χ0v) is 61.6. The topological polar surface area (TPSA) is 473 Å². The Bertz CT molecular complexity index is 2590. The van der Waals surface area contributed by atoms with Gasteiger partial charge in [-0.25, -0.2) is 33.7 Å². The molecule has 30 nitrogen and oxygen atoms in total. The van der Waals surface area contributed by atoms with Crippen LogP contribution >= 0.6 is 47.9 Å². The van der Waals surface area contributed by atoms with Crippen LogP contribution < -0.4 is 5.73 Å². The van der Waals surface area contributed by atoms with E-state index in [4.69, 9.17) is 55.3 Å². The summed E-state index contributed by atoms with van der Waals surface area (Å²) in [5.74, 6) is 2.02. The molecule has 0 aromatic carbocycles. The number of nitrogens with two attached hydrogens (primary N) is 1. The summed E-state index contributed by atoms with van der Waals surface area (Å²) in [6.07, 6.45) is 20.4. The molecule has 0 aromatic rings. The maximum Gasteiger partial charge on any atom is 0.354 e. The Morgan fingerprint density at radius 2 is 0.978 bits per heavy atom. The SMILES string of the molecule is C/C=C/CO.CC(CO)SCCC(=O)OCCC=NS(C)(=O)=O.CC(CSCCO)C(=O)OCCC=NS(C)(=O)=O.CCCCN.CCCO.CS(=O)(=O)N=CCCOC(=O)CCS.CS(=O)(=O)N=CCCOC(=O)CCSCCO.C[N+]1(/C=C\CO)CS1(=O)=O. The lowest BCUT2D eigenvalue weighted by Crippen LogP contribution is -2.18. The smallest absolute Gasteiger partial charge is 0.354 e. The van der Waals surface area contributed by atoms with Crippen LogP contribution in [0.15, 0.2) is 42.0 Å². The fraction of sp³-hybridized carbons (Fsp3) is 0.769. The lowest BCUT2D eigenvalue weighted by atomic mass is 10.2. The first-order valence-corrected chi connectivity index (χ1v) is 41.1. The van der Waals surface area contributed by atoms with Crippen LogP contribution in [0.1, 0.15) is 98.8 Å². The molecule has 0 bridgehead atoms. The van der Waals surface area contributed by atoms with Crippen molar-refractivity contribution in [1.29, 1.82) is 0 Å². The second kappa shape index (κ2) is 66.9. The Kier molecular flexibility index (Phi) is 74.5. The van der Waals surface area contributed by atoms with Crippen molar-refractivity contribution in [1.82, 2.24) is 0 Å². The zero-order chi connectivity index (χ0) is 71.7. The van der Waals surface area contributed by atoms with Gasteiger partial charge in [-0.2, -0.15) is 77.8 Å². The molecule has 0 aromatic heterocycles. The highest BCUT2D eigenvalue weighted by molar-refractivity contribution is 8.00. The van der Waals surface area contributed by atoms with Crippen LogP contribution in [0.2, 0.25) is 0 Å². The van der Waals surface area contributed by atoms with Crippen LogP contribution in [-0.4, -0.2) is 276 Å². The van der Waals surface area contributed by atoms with E-state index in [9.17, 15) is 61.3 Å². The minimum atomic E-state index is -3.35. The third-order valence-corrected chi connectivity index (χ3v) is 16.5. The number of unbranched alkanes of at least 4 members (excludes halogenated alkanes) is 1. The number of nitrogens with zero attached hydrogens (tertiary/aromatic N) is 5. The van der Waals surface area contributed by atoms with Crippen LogP contribution in [0.5, 0.6) is 0 Å². The summed E-state index contributed by atoms with van der Waals surface area (Å²) < 4.78 is 139. The van der Waals surface area contributed by atoms with Crippen LogP contribution in [0.3, 0.4) is 0 Å². The van der Waals surface area contributed by atoms with E-state index in [1.807, 2.05) is 20.8 Å². The number of carbonyl (C=O) groups is 4. The lowest BCUT2D eigenvalue weighted by Gasteiger charge is -2.09. The normalized spacial score (nSPS) is 14.8. The summed E-state index contributed by atoms with van der Waals surface area (Å²) in [5.41, 5.74) is 5.14. The third-order valence-electron chi connectivity index (χ3n) is 8.69. The predicted molar refractivity (Wildman–Crippen MR) is 370 cm³/mol. The van der Waals surface area contributed by atoms with Gasteiger partial charge in [-0.15, -0.1) is 0 Å². The number of allylic oxidation sites excluding steroid dienone is 1. The number of rotatable bonds is 39. The monoisotopic (exact) mass is 1490 g/mol. The van der Waals surface area contributed by atoms with Gasteiger partial charge in [0.2, 0.25) is 46.0 Å². The van der Waals surface area contributed by atoms with Crippen molar-refractivity contribution in [3.63, 3.8) is 0 Å². The summed E-state index contributed by atoms with van der Waals surface area (Å²) >= 11 is 8.30. The number of carbonyl (C=O) groups excluding carboxylic acids is 4. The maximum absolute atomic E-state index is 11.4. The molecule has 8 N–H and O–H groups in total. The molecule has 0 aliphatic carbocycles. The van der Waals surface area contributed by atoms with Gasteiger partial charge in [0.1, 0.15) is 6.20 Å². The Balaban J connectivity index is -0.000000185. The summed E-state index contributed by atoms with van der Waals surface area (Å²) in [6, 6.07) is 0. The minimum Gasteiger partial charge on any atom is -0.465 e. The largest absolute Gasteiger partial charge is 0.465 e. The molecule has 39 heteroatoms. The molecule has 540 valence electrons. The van der Waals surface area contributed by atoms with Gasteiger partial charge in [0.25, 0.3) is 0 Å². The van der Waals surface area contributed by atoms with E-state index < -0.39 is 50.1 Å². The van der Waals surface area contributed by atoms with Crippen LogP contribution in [-0.2, 0) is 88.2 Å². The van der Waals surface area contributed by atoms with E-state index in [1.54, 1.807) is 26.1 Å². The lowest BCUT2D eigenvalue weighted by molar-refractivity contribution is -0.647. The van der Waals surface area contributed by atoms with Crippen LogP contribution in [0.4, 0.5) is 0 Å². The standard InChI is InChI=1S/2C10H19NO5S2.C9H17NO5S2.C7H13NO4S2.C5H10NO3S.C4H11N.C4H8O.C3H8O/c1-9(8-12)17-7-4-10(13)16-6-3-5-11-18(2,14)15;1-9(8-17-7-5-12)10(13)16-6-3-4-11-18(2,14)15;1-17(13,14)10-4-2-6-15-9(12)3-7-16-8-5-11;1-14(10,11)8-4-2-5-12-7(9)3-6-13;1-6(3-2-4-7)5-10(6,8)9;2*1-2-3-4-5;1-2-3-4/h5,9,12H,3-4,6-8H2,1-2H3;4,9,12H,3,5-8H2,1-2H3;4,11H,2-3,5-8H2,1H3;4,13H,2-3,5-6H2,1H3;2-3,7H,4-5H2,1H3;2-5H2,1H3;2-3,5H,4H2,1H3;4H,2-3H2,1H3/q;;;;+1;;;/b;;;;3-2-;;3-2+;. The van der Waals surface area contributed by atoms with Crippen molar-refractivity contribution in [3.8, 4) is 0 Å². The molecule has 1 aliphatic heterocycles. The summed E-state index contributed by atoms with van der Waals surface area (Å²) in [6.45, 7) is 11.6. The zero-order valence-electron chi connectivity index (χ0n) is 54.1. The van der Waals surface area contributed by atoms with E-state index in [1.165, 1.54) is 85.3 Å². The molecular weight excluding hydrogens is 1380 g/mol. The fourth-order valence-corrected chi connectivity index (χ4v) is 9.34. The van der Waals surface area contributed by atoms with Crippen molar-refractivity contribution in [2.45, 2.75) is 104 Å². The number of thioether (sulfide) groups is 3. The second-order valence-electron chi connectivity index (χ2n) is 18.0. The quantitative estimate of drug-likeness (QED) is 0.00638. The number of thiol groups is 1. The summed E-state index contributed by atoms with van der Waals surface area (Å²) in [7, 11) is -14.7. The number of quaternary nitrogens is 1. The van der Waals surface area contributed by atoms with E-state index in [2.05, 4.69) is 37.1 Å². The molecule has 1 heterocycles. The minimum absolute atomic E-state index is 0.0619. The maximum atomic E-state index is 11.4. The van der Waals surface area contributed by atoms with E-state index in [0.29, 0.717) is 47.5 Å². The van der Waals surface area contributed by atoms with Gasteiger partial charge < -0.3 is 55.3 Å². The summed E-state index contributed by atoms with van der Waals surface area (Å²) in [5, 5.41) is 50.1. The molecular formula is C52H105N6O24S9+. The van der Waals surface area contributed by atoms with Gasteiger partial charge in [0.05, 0.1) is 117 Å². The number of ether oxygens (including phenoxy) is 4. The highest BCUT2D eigenvalue weighted by atomic mass is 32.2. The molecule has 0 saturated carbocycles. The molecule has 0 radical (unpaired) electrons. The summed E-state index contributed by atoms with van der Waals surface area (Å²) in [4.78, 5) is 44.5. The molecule has 3 unspecified atom stereocenters. The Morgan fingerprint density at radius 3 is 1.26 bits per heavy atom. The molecule has 1 rings (SSSR count). The number of aliphatic hydroxyl groups is 6. The van der Waals surface area contributed by atoms with E-state index >= 15 is 0 Å². The number of hydrogen-bond donors (Lipinski definition) is 8. The molecule has 1 aliphatic rings. The number of hydrogen-bond acceptors (Lipinski definition) is 29. The van der Waals surface area contributed by atoms with Crippen molar-refractivity contribution in [3.05, 3.63) is 24.4 Å². The molecule has 3 atom stereocenters. The second-order valence-corrected chi connectivity index (χ2v) is 31.3. The van der Waals surface area contributed by atoms with Crippen molar-refractivity contribution >= 4 is 147 Å². The van der Waals surface area contributed by atoms with Crippen LogP contribution in [0.25, 0.3) is 0 Å². The Morgan fingerprint density at radius 1 is 0.604 bits per heavy atom. The number of sulfonamides is 5. The Hall–Kier alpha value is -3.13. The highest BCUT2D eigenvalue weighted by Gasteiger charge is 2.57. The molecule has 91 heavy (non-hydrogen) atoms. The first-order chi connectivity index (χ1) is 42.4. The van der Waals surface area contributed by atoms with Crippen molar-refractivity contribution < 1.29 is 115 Å². The molecule has 0 spiro atoms. The average molecular weight is 1490 g/mol. The van der Waals surface area contributed by atoms with Crippen molar-refractivity contribution in [2.75, 3.05) is 145 Å². The van der Waals surface area contributed by atoms with Crippen molar-refractivity contribution in [2.24, 2.45) is 29.2 Å². The van der Waals surface area contributed by atoms with E-state index in [-0.39, 0.29) is 143 Å². The van der Waals surface area contributed by atoms with Crippen LogP contribution in [0, 0.1) is 5.92 Å². The first-order valence-electron chi connectivity index (χ1n) is 28.1. The van der Waals surface area contributed by atoms with Gasteiger partial charge in [0, 0.05) is 96.9 Å². The van der Waals surface area contributed by atoms with Gasteiger partial charge in [-0.1, -0.05) is 46.3 Å². The van der Waals surface area contributed by atoms with Gasteiger partial charge >= 0.3 is 33.9 Å². The highest BCUT2D eigenvalue weighted by Crippen LogP contribution is 2.30. The van der Waals surface area contributed by atoms with Gasteiger partial charge in [0.15, 0.2) is 0 Å². The third kappa shape index (κ3) is 93.4. The van der Waals surface area contributed by atoms with Gasteiger partial charge in [-0.3, -0.25) is 19.2 Å². The Labute approximate surface area is 560 Å². The molecule has 0 amide bonds. The average Bonchev–Trinajstić information content (AvgIpc) is 1.59. The first kappa shape index (κ1) is 101.